The Morgan fingerprint density at radius 2 is 1.64 bits per heavy atom. The summed E-state index contributed by atoms with van der Waals surface area (Å²) < 4.78 is 29.1. The number of benzene rings is 2. The Morgan fingerprint density at radius 1 is 1.00 bits per heavy atom. The normalized spacial score (nSPS) is 19.0. The Kier molecular flexibility index (Phi) is 4.64. The minimum Gasteiger partial charge on any atom is -0.469 e. The smallest absolute Gasteiger partial charge is 0.320 e. The van der Waals surface area contributed by atoms with Gasteiger partial charge in [0.1, 0.15) is 5.75 Å². The van der Waals surface area contributed by atoms with Gasteiger partial charge in [-0.3, -0.25) is 14.2 Å². The van der Waals surface area contributed by atoms with Crippen molar-refractivity contribution in [1.29, 1.82) is 0 Å². The van der Waals surface area contributed by atoms with E-state index in [1.807, 2.05) is 24.3 Å². The van der Waals surface area contributed by atoms with Crippen molar-refractivity contribution >= 4 is 24.6 Å². The first-order valence-corrected chi connectivity index (χ1v) is 9.33. The van der Waals surface area contributed by atoms with Crippen LogP contribution in [0.2, 0.25) is 0 Å². The maximum absolute atomic E-state index is 13.8. The van der Waals surface area contributed by atoms with Crippen LogP contribution in [0.5, 0.6) is 5.75 Å². The lowest BCUT2D eigenvalue weighted by atomic mass is 10.0. The lowest BCUT2D eigenvalue weighted by molar-refractivity contribution is -0.146. The summed E-state index contributed by atoms with van der Waals surface area (Å²) in [4.78, 5) is 24.1. The molecule has 0 aliphatic carbocycles. The topological polar surface area (TPSA) is 78.9 Å². The highest BCUT2D eigenvalue weighted by atomic mass is 31.2. The molecule has 0 spiro atoms. The highest BCUT2D eigenvalue weighted by Crippen LogP contribution is 2.58. The lowest BCUT2D eigenvalue weighted by Gasteiger charge is -2.32. The van der Waals surface area contributed by atoms with Crippen molar-refractivity contribution in [2.45, 2.75) is 12.1 Å². The zero-order chi connectivity index (χ0) is 18.0. The average molecular weight is 360 g/mol. The van der Waals surface area contributed by atoms with Gasteiger partial charge in [-0.05, 0) is 17.7 Å². The molecule has 1 heterocycles. The van der Waals surface area contributed by atoms with Gasteiger partial charge in [0.2, 0.25) is 0 Å². The second-order valence-corrected chi connectivity index (χ2v) is 8.00. The Balaban J connectivity index is 2.18. The van der Waals surface area contributed by atoms with E-state index < -0.39 is 31.4 Å². The van der Waals surface area contributed by atoms with Crippen molar-refractivity contribution in [2.75, 3.05) is 14.2 Å². The third-order valence-corrected chi connectivity index (χ3v) is 6.87. The average Bonchev–Trinajstić information content (AvgIpc) is 2.65. The van der Waals surface area contributed by atoms with Gasteiger partial charge in [0.15, 0.2) is 5.66 Å². The van der Waals surface area contributed by atoms with Gasteiger partial charge in [-0.2, -0.15) is 0 Å². The van der Waals surface area contributed by atoms with Gasteiger partial charge < -0.3 is 14.0 Å². The summed E-state index contributed by atoms with van der Waals surface area (Å²) in [5, 5.41) is 0.396. The summed E-state index contributed by atoms with van der Waals surface area (Å²) in [5.74, 6) is -1.03. The molecule has 2 atom stereocenters. The summed E-state index contributed by atoms with van der Waals surface area (Å²) in [7, 11) is -1.37. The van der Waals surface area contributed by atoms with Crippen molar-refractivity contribution in [2.24, 2.45) is 0 Å². The Morgan fingerprint density at radius 3 is 2.32 bits per heavy atom. The lowest BCUT2D eigenvalue weighted by Crippen LogP contribution is -2.34. The Bertz CT molecular complexity index is 875. The van der Waals surface area contributed by atoms with Crippen molar-refractivity contribution in [1.82, 2.24) is 0 Å². The van der Waals surface area contributed by atoms with Crippen LogP contribution >= 0.6 is 7.37 Å². The summed E-state index contributed by atoms with van der Waals surface area (Å²) in [6, 6.07) is 14.1. The Hall–Kier alpha value is -2.59. The van der Waals surface area contributed by atoms with Crippen molar-refractivity contribution in [3.05, 3.63) is 48.5 Å². The largest absolute Gasteiger partial charge is 0.469 e. The molecule has 0 amide bonds. The first kappa shape index (κ1) is 17.2. The quantitative estimate of drug-likeness (QED) is 0.616. The molecule has 0 saturated carbocycles. The second-order valence-electron chi connectivity index (χ2n) is 5.52. The van der Waals surface area contributed by atoms with E-state index in [4.69, 9.17) is 9.26 Å². The molecule has 0 aromatic heterocycles. The molecule has 0 fully saturated rings. The number of para-hydroxylation sites is 1. The summed E-state index contributed by atoms with van der Waals surface area (Å²) >= 11 is 0. The molecule has 0 radical (unpaired) electrons. The maximum atomic E-state index is 13.8. The van der Waals surface area contributed by atoms with Crippen LogP contribution < -0.4 is 9.83 Å². The SMILES string of the molecule is COC(=O)CC(C(=O)OC)P1(=O)Oc2ccccc2-c2ccccc21. The molecule has 25 heavy (non-hydrogen) atoms. The van der Waals surface area contributed by atoms with E-state index in [9.17, 15) is 14.2 Å². The molecule has 0 saturated heterocycles. The zero-order valence-corrected chi connectivity index (χ0v) is 14.7. The number of esters is 2. The van der Waals surface area contributed by atoms with Crippen LogP contribution in [0.1, 0.15) is 6.42 Å². The van der Waals surface area contributed by atoms with Crippen molar-refractivity contribution in [3.8, 4) is 16.9 Å². The highest BCUT2D eigenvalue weighted by molar-refractivity contribution is 7.69. The van der Waals surface area contributed by atoms with Gasteiger partial charge in [0, 0.05) is 5.56 Å². The van der Waals surface area contributed by atoms with E-state index in [0.29, 0.717) is 16.6 Å². The van der Waals surface area contributed by atoms with Gasteiger partial charge in [0.05, 0.1) is 25.9 Å². The molecular weight excluding hydrogens is 343 g/mol. The fraction of sp³-hybridized carbons (Fsp3) is 0.222. The molecule has 2 aromatic rings. The molecule has 2 unspecified atom stereocenters. The number of ether oxygens (including phenoxy) is 2. The first-order valence-electron chi connectivity index (χ1n) is 7.64. The molecule has 0 bridgehead atoms. The molecule has 7 heteroatoms. The number of carbonyl (C=O) groups is 2. The maximum Gasteiger partial charge on any atom is 0.320 e. The predicted molar refractivity (Wildman–Crippen MR) is 92.2 cm³/mol. The van der Waals surface area contributed by atoms with E-state index in [1.165, 1.54) is 14.2 Å². The number of fused-ring (bicyclic) bond motifs is 3. The van der Waals surface area contributed by atoms with Crippen LogP contribution in [0.4, 0.5) is 0 Å². The number of rotatable bonds is 4. The number of methoxy groups -OCH3 is 2. The third kappa shape index (κ3) is 2.94. The molecule has 1 aliphatic heterocycles. The van der Waals surface area contributed by atoms with E-state index in [-0.39, 0.29) is 0 Å². The number of hydrogen-bond donors (Lipinski definition) is 0. The van der Waals surface area contributed by atoms with Crippen LogP contribution in [-0.2, 0) is 23.6 Å². The second kappa shape index (κ2) is 6.73. The minimum atomic E-state index is -3.76. The first-order chi connectivity index (χ1) is 12.0. The summed E-state index contributed by atoms with van der Waals surface area (Å²) in [6.07, 6.45) is -0.392. The third-order valence-electron chi connectivity index (χ3n) is 4.12. The molecule has 130 valence electrons. The van der Waals surface area contributed by atoms with E-state index in [0.717, 1.165) is 5.56 Å². The van der Waals surface area contributed by atoms with Gasteiger partial charge in [-0.25, -0.2) is 0 Å². The van der Waals surface area contributed by atoms with Crippen LogP contribution in [0.3, 0.4) is 0 Å². The van der Waals surface area contributed by atoms with Gasteiger partial charge in [-0.15, -0.1) is 0 Å². The molecule has 2 aromatic carbocycles. The summed E-state index contributed by atoms with van der Waals surface area (Å²) in [5.41, 5.74) is 0.220. The molecular formula is C18H17O6P. The highest BCUT2D eigenvalue weighted by Gasteiger charge is 2.48. The molecule has 0 N–H and O–H groups in total. The van der Waals surface area contributed by atoms with Crippen molar-refractivity contribution < 1.29 is 28.2 Å². The fourth-order valence-corrected chi connectivity index (χ4v) is 5.50. The Labute approximate surface area is 145 Å². The van der Waals surface area contributed by atoms with Crippen molar-refractivity contribution in [3.63, 3.8) is 0 Å². The molecule has 3 rings (SSSR count). The van der Waals surface area contributed by atoms with Gasteiger partial charge in [0.25, 0.3) is 7.37 Å². The fourth-order valence-electron chi connectivity index (χ4n) is 2.89. The summed E-state index contributed by atoms with van der Waals surface area (Å²) in [6.45, 7) is 0. The number of carbonyl (C=O) groups excluding carboxylic acids is 2. The van der Waals surface area contributed by atoms with Gasteiger partial charge >= 0.3 is 11.9 Å². The van der Waals surface area contributed by atoms with Crippen LogP contribution in [-0.4, -0.2) is 31.8 Å². The predicted octanol–water partition coefficient (Wildman–Crippen LogP) is 2.75. The van der Waals surface area contributed by atoms with E-state index in [1.54, 1.807) is 24.3 Å². The van der Waals surface area contributed by atoms with E-state index in [2.05, 4.69) is 4.74 Å². The van der Waals surface area contributed by atoms with Crippen LogP contribution in [0.15, 0.2) is 48.5 Å². The standard InChI is InChI=1S/C18H17O6P/c1-22-17(19)11-16(18(20)23-2)25(21)15-10-6-4-8-13(15)12-7-3-5-9-14(12)24-25/h3-10,16H,11H2,1-2H3. The van der Waals surface area contributed by atoms with E-state index >= 15 is 0 Å². The van der Waals surface area contributed by atoms with Crippen LogP contribution in [0, 0.1) is 0 Å². The molecule has 1 aliphatic rings. The molecule has 6 nitrogen and oxygen atoms in total. The zero-order valence-electron chi connectivity index (χ0n) is 13.8. The van der Waals surface area contributed by atoms with Gasteiger partial charge in [-0.1, -0.05) is 36.4 Å². The van der Waals surface area contributed by atoms with Crippen LogP contribution in [0.25, 0.3) is 11.1 Å². The minimum absolute atomic E-state index is 0.392. The monoisotopic (exact) mass is 360 g/mol. The number of hydrogen-bond acceptors (Lipinski definition) is 6.